The molecule has 0 saturated heterocycles. The van der Waals surface area contributed by atoms with Gasteiger partial charge in [0.2, 0.25) is 0 Å². The zero-order valence-electron chi connectivity index (χ0n) is 18.3. The van der Waals surface area contributed by atoms with Gasteiger partial charge in [-0.15, -0.1) is 0 Å². The lowest BCUT2D eigenvalue weighted by molar-refractivity contribution is -0.482. The SMILES string of the molecule is OCC(O)CC(F)(F)C(F)(F)C(F)(F)C(F)(F)C(F)(F)C(F)(F)C(F)(F)C(F)(F)C(F)(F)C(F)(F)C(F)(F)C(F)(F)F. The first-order valence-electron chi connectivity index (χ1n) is 9.22. The molecule has 0 rings (SSSR count). The summed E-state index contributed by atoms with van der Waals surface area (Å²) in [5.74, 6) is -99.1. The van der Waals surface area contributed by atoms with Gasteiger partial charge in [-0.1, -0.05) is 0 Å². The lowest BCUT2D eigenvalue weighted by Crippen LogP contribution is -2.78. The molecule has 0 aromatic rings. The zero-order valence-corrected chi connectivity index (χ0v) is 18.3. The van der Waals surface area contributed by atoms with Crippen LogP contribution in [0.3, 0.4) is 0 Å². The predicted octanol–water partition coefficient (Wildman–Crippen LogP) is 7.28. The van der Waals surface area contributed by atoms with Crippen molar-refractivity contribution in [2.75, 3.05) is 6.61 Å². The number of rotatable bonds is 13. The molecular weight excluding hydrogens is 687 g/mol. The Morgan fingerprint density at radius 1 is 0.333 bits per heavy atom. The van der Waals surface area contributed by atoms with Gasteiger partial charge >= 0.3 is 71.3 Å². The monoisotopic (exact) mass is 694 g/mol. The van der Waals surface area contributed by atoms with Crippen LogP contribution in [0.4, 0.5) is 110 Å². The minimum absolute atomic E-state index is 2.14. The van der Waals surface area contributed by atoms with Crippen molar-refractivity contribution >= 4 is 0 Å². The molecule has 0 radical (unpaired) electrons. The van der Waals surface area contributed by atoms with E-state index in [1.165, 1.54) is 0 Å². The third-order valence-corrected chi connectivity index (χ3v) is 5.07. The fourth-order valence-electron chi connectivity index (χ4n) is 2.47. The Hall–Kier alpha value is -1.83. The third-order valence-electron chi connectivity index (χ3n) is 5.07. The Morgan fingerprint density at radius 2 is 0.524 bits per heavy atom. The molecule has 0 heterocycles. The van der Waals surface area contributed by atoms with Gasteiger partial charge in [0.05, 0.1) is 12.7 Å². The second kappa shape index (κ2) is 10.1. The molecule has 1 atom stereocenters. The highest BCUT2D eigenvalue weighted by Gasteiger charge is 2.99. The molecule has 2 N–H and O–H groups in total. The van der Waals surface area contributed by atoms with Gasteiger partial charge in [0.15, 0.2) is 0 Å². The van der Waals surface area contributed by atoms with E-state index in [-0.39, 0.29) is 0 Å². The number of aliphatic hydroxyl groups excluding tert-OH is 2. The summed E-state index contributed by atoms with van der Waals surface area (Å²) in [4.78, 5) is 0. The van der Waals surface area contributed by atoms with Crippen molar-refractivity contribution in [3.05, 3.63) is 0 Å². The minimum Gasteiger partial charge on any atom is -0.394 e. The molecular formula is C15H7F25O2. The summed E-state index contributed by atoms with van der Waals surface area (Å²) in [6.45, 7) is -2.14. The van der Waals surface area contributed by atoms with E-state index in [0.29, 0.717) is 0 Å². The molecule has 0 aliphatic rings. The molecule has 0 fully saturated rings. The van der Waals surface area contributed by atoms with Crippen LogP contribution >= 0.6 is 0 Å². The van der Waals surface area contributed by atoms with Crippen molar-refractivity contribution in [3.8, 4) is 0 Å². The van der Waals surface area contributed by atoms with E-state index in [9.17, 15) is 110 Å². The lowest BCUT2D eigenvalue weighted by Gasteiger charge is -2.45. The van der Waals surface area contributed by atoms with Gasteiger partial charge in [-0.05, 0) is 0 Å². The van der Waals surface area contributed by atoms with Crippen LogP contribution in [0.5, 0.6) is 0 Å². The Labute approximate surface area is 212 Å². The van der Waals surface area contributed by atoms with Crippen LogP contribution < -0.4 is 0 Å². The van der Waals surface area contributed by atoms with Crippen LogP contribution in [-0.2, 0) is 0 Å². The molecule has 0 saturated carbocycles. The van der Waals surface area contributed by atoms with Crippen LogP contribution in [0.15, 0.2) is 0 Å². The van der Waals surface area contributed by atoms with Crippen LogP contribution in [0, 0.1) is 0 Å². The van der Waals surface area contributed by atoms with Crippen LogP contribution in [0.1, 0.15) is 6.42 Å². The molecule has 0 spiro atoms. The highest BCUT2D eigenvalue weighted by Crippen LogP contribution is 2.67. The Kier molecular flexibility index (Phi) is 9.66. The summed E-state index contributed by atoms with van der Waals surface area (Å²) < 4.78 is 331. The average molecular weight is 694 g/mol. The molecule has 0 bridgehead atoms. The van der Waals surface area contributed by atoms with Gasteiger partial charge in [-0.25, -0.2) is 0 Å². The number of hydrogen-bond acceptors (Lipinski definition) is 2. The number of aliphatic hydroxyl groups is 2. The van der Waals surface area contributed by atoms with E-state index >= 15 is 0 Å². The van der Waals surface area contributed by atoms with E-state index < -0.39 is 90.5 Å². The normalized spacial score (nSPS) is 17.5. The first-order chi connectivity index (χ1) is 17.7. The first-order valence-corrected chi connectivity index (χ1v) is 9.22. The molecule has 27 heteroatoms. The van der Waals surface area contributed by atoms with Gasteiger partial charge in [0.1, 0.15) is 0 Å². The highest BCUT2D eigenvalue weighted by atomic mass is 19.4. The minimum atomic E-state index is -9.64. The molecule has 0 aromatic carbocycles. The van der Waals surface area contributed by atoms with Crippen molar-refractivity contribution in [2.24, 2.45) is 0 Å². The van der Waals surface area contributed by atoms with E-state index in [1.807, 2.05) is 0 Å². The van der Waals surface area contributed by atoms with Gasteiger partial charge in [0.25, 0.3) is 0 Å². The van der Waals surface area contributed by atoms with E-state index in [1.54, 1.807) is 0 Å². The van der Waals surface area contributed by atoms with E-state index in [2.05, 4.69) is 0 Å². The summed E-state index contributed by atoms with van der Waals surface area (Å²) >= 11 is 0. The molecule has 0 aromatic heterocycles. The van der Waals surface area contributed by atoms with E-state index in [0.717, 1.165) is 0 Å². The van der Waals surface area contributed by atoms with Crippen molar-refractivity contribution in [1.29, 1.82) is 0 Å². The Bertz CT molecular complexity index is 961. The maximum atomic E-state index is 13.6. The second-order valence-corrected chi connectivity index (χ2v) is 7.99. The molecule has 1 unspecified atom stereocenters. The Morgan fingerprint density at radius 3 is 0.714 bits per heavy atom. The van der Waals surface area contributed by atoms with Gasteiger partial charge in [-0.3, -0.25) is 0 Å². The molecule has 0 amide bonds. The third kappa shape index (κ3) is 4.86. The van der Waals surface area contributed by atoms with Gasteiger partial charge in [0, 0.05) is 6.42 Å². The fourth-order valence-corrected chi connectivity index (χ4v) is 2.47. The summed E-state index contributed by atoms with van der Waals surface area (Å²) in [5, 5.41) is 16.7. The summed E-state index contributed by atoms with van der Waals surface area (Å²) in [6.07, 6.45) is -14.9. The predicted molar refractivity (Wildman–Crippen MR) is 78.2 cm³/mol. The quantitative estimate of drug-likeness (QED) is 0.199. The first kappa shape index (κ1) is 40.2. The number of alkyl halides is 25. The molecule has 2 nitrogen and oxygen atoms in total. The maximum absolute atomic E-state index is 13.6. The largest absolute Gasteiger partial charge is 0.460 e. The molecule has 0 aliphatic heterocycles. The second-order valence-electron chi connectivity index (χ2n) is 7.99. The summed E-state index contributed by atoms with van der Waals surface area (Å²) in [7, 11) is 0. The summed E-state index contributed by atoms with van der Waals surface area (Å²) in [6, 6.07) is 0. The highest BCUT2D eigenvalue weighted by molar-refractivity contribution is 5.19. The van der Waals surface area contributed by atoms with Gasteiger partial charge < -0.3 is 10.2 Å². The maximum Gasteiger partial charge on any atom is 0.460 e. The van der Waals surface area contributed by atoms with Crippen molar-refractivity contribution in [1.82, 2.24) is 0 Å². The number of halogens is 25. The van der Waals surface area contributed by atoms with Crippen LogP contribution in [0.25, 0.3) is 0 Å². The van der Waals surface area contributed by atoms with Gasteiger partial charge in [-0.2, -0.15) is 110 Å². The van der Waals surface area contributed by atoms with Crippen molar-refractivity contribution < 1.29 is 120 Å². The van der Waals surface area contributed by atoms with Crippen LogP contribution in [0.2, 0.25) is 0 Å². The van der Waals surface area contributed by atoms with E-state index in [4.69, 9.17) is 10.2 Å². The standard InChI is InChI=1S/C15H7F25O2/c16-4(17,1-3(42)2-41)5(18,19)6(20,21)7(22,23)8(24,25)9(26,27)10(28,29)11(30,31)12(32,33)13(34,35)14(36,37)15(38,39)40/h3,41-42H,1-2H2. The molecule has 254 valence electrons. The zero-order chi connectivity index (χ0) is 35.0. The smallest absolute Gasteiger partial charge is 0.394 e. The lowest BCUT2D eigenvalue weighted by atomic mass is 9.84. The Balaban J connectivity index is 7.29. The average Bonchev–Trinajstić information content (AvgIpc) is 2.76. The van der Waals surface area contributed by atoms with Crippen LogP contribution in [-0.4, -0.2) is 94.2 Å². The van der Waals surface area contributed by atoms with Crippen molar-refractivity contribution in [3.63, 3.8) is 0 Å². The molecule has 0 aliphatic carbocycles. The fraction of sp³-hybridized carbons (Fsp3) is 1.00. The topological polar surface area (TPSA) is 40.5 Å². The van der Waals surface area contributed by atoms with Crippen molar-refractivity contribution in [2.45, 2.75) is 83.8 Å². The summed E-state index contributed by atoms with van der Waals surface area (Å²) in [5.41, 5.74) is 0. The number of hydrogen-bond donors (Lipinski definition) is 2. The molecule has 42 heavy (non-hydrogen) atoms.